The SMILES string of the molecule is C[C@@H](COCC(F)(F)F)N=C1NS(=O)(=O)c2ccccc21. The molecule has 1 N–H and O–H groups in total. The standard InChI is InChI=1S/C12H13F3N2O3S/c1-8(6-20-7-12(13,14)15)16-11-9-4-2-3-5-10(9)21(18,19)17-11/h2-5,8H,6-7H2,1H3,(H,16,17)/t8-/m0/s1. The third kappa shape index (κ3) is 3.94. The van der Waals surface area contributed by atoms with Crippen LogP contribution >= 0.6 is 0 Å². The van der Waals surface area contributed by atoms with Crippen molar-refractivity contribution in [1.82, 2.24) is 4.72 Å². The maximum absolute atomic E-state index is 12.0. The molecule has 0 saturated heterocycles. The fourth-order valence-electron chi connectivity index (χ4n) is 1.83. The molecule has 0 saturated carbocycles. The normalized spacial score (nSPS) is 20.1. The summed E-state index contributed by atoms with van der Waals surface area (Å²) >= 11 is 0. The summed E-state index contributed by atoms with van der Waals surface area (Å²) in [7, 11) is -3.65. The Bertz CT molecular complexity index is 656. The Morgan fingerprint density at radius 2 is 2.00 bits per heavy atom. The second-order valence-corrected chi connectivity index (χ2v) is 6.21. The molecule has 5 nitrogen and oxygen atoms in total. The van der Waals surface area contributed by atoms with Gasteiger partial charge in [0.1, 0.15) is 12.4 Å². The predicted molar refractivity (Wildman–Crippen MR) is 69.6 cm³/mol. The van der Waals surface area contributed by atoms with Crippen LogP contribution in [-0.2, 0) is 14.8 Å². The first-order valence-corrected chi connectivity index (χ1v) is 7.52. The van der Waals surface area contributed by atoms with Crippen LogP contribution in [0.4, 0.5) is 13.2 Å². The third-order valence-corrected chi connectivity index (χ3v) is 4.03. The van der Waals surface area contributed by atoms with E-state index in [1.54, 1.807) is 25.1 Å². The van der Waals surface area contributed by atoms with Crippen LogP contribution in [0.2, 0.25) is 0 Å². The molecule has 1 atom stereocenters. The number of hydrogen-bond donors (Lipinski definition) is 1. The topological polar surface area (TPSA) is 67.8 Å². The zero-order valence-electron chi connectivity index (χ0n) is 11.0. The molecule has 0 aromatic heterocycles. The average molecular weight is 322 g/mol. The van der Waals surface area contributed by atoms with Crippen molar-refractivity contribution in [3.8, 4) is 0 Å². The summed E-state index contributed by atoms with van der Waals surface area (Å²) in [5, 5.41) is 0. The zero-order chi connectivity index (χ0) is 15.7. The first-order chi connectivity index (χ1) is 9.69. The largest absolute Gasteiger partial charge is 0.411 e. The molecule has 0 bridgehead atoms. The van der Waals surface area contributed by atoms with Crippen molar-refractivity contribution in [3.63, 3.8) is 0 Å². The summed E-state index contributed by atoms with van der Waals surface area (Å²) in [5.74, 6) is 0.119. The number of ether oxygens (including phenoxy) is 1. The number of hydrogen-bond acceptors (Lipinski definition) is 4. The van der Waals surface area contributed by atoms with E-state index >= 15 is 0 Å². The van der Waals surface area contributed by atoms with E-state index in [1.807, 2.05) is 0 Å². The summed E-state index contributed by atoms with van der Waals surface area (Å²) in [6, 6.07) is 5.63. The van der Waals surface area contributed by atoms with E-state index in [0.717, 1.165) is 0 Å². The summed E-state index contributed by atoms with van der Waals surface area (Å²) < 4.78 is 66.3. The highest BCUT2D eigenvalue weighted by atomic mass is 32.2. The van der Waals surface area contributed by atoms with Gasteiger partial charge in [-0.15, -0.1) is 0 Å². The Hall–Kier alpha value is -1.61. The van der Waals surface area contributed by atoms with Crippen molar-refractivity contribution in [2.45, 2.75) is 24.0 Å². The van der Waals surface area contributed by atoms with Gasteiger partial charge in [0.25, 0.3) is 10.0 Å². The number of rotatable bonds is 4. The molecule has 1 aromatic rings. The molecule has 0 aliphatic carbocycles. The van der Waals surface area contributed by atoms with Gasteiger partial charge < -0.3 is 4.74 Å². The monoisotopic (exact) mass is 322 g/mol. The van der Waals surface area contributed by atoms with Gasteiger partial charge >= 0.3 is 6.18 Å². The molecule has 0 radical (unpaired) electrons. The van der Waals surface area contributed by atoms with E-state index in [-0.39, 0.29) is 17.3 Å². The Balaban J connectivity index is 2.09. The zero-order valence-corrected chi connectivity index (χ0v) is 11.8. The average Bonchev–Trinajstić information content (AvgIpc) is 2.60. The molecule has 1 aromatic carbocycles. The van der Waals surface area contributed by atoms with E-state index in [2.05, 4.69) is 14.5 Å². The molecule has 2 rings (SSSR count). The minimum absolute atomic E-state index is 0.104. The lowest BCUT2D eigenvalue weighted by Gasteiger charge is -2.11. The number of aliphatic imine (C=N–C) groups is 1. The van der Waals surface area contributed by atoms with E-state index in [1.165, 1.54) is 6.07 Å². The summed E-state index contributed by atoms with van der Waals surface area (Å²) in [6.07, 6.45) is -4.39. The van der Waals surface area contributed by atoms with Gasteiger partial charge in [-0.2, -0.15) is 13.2 Å². The third-order valence-electron chi connectivity index (χ3n) is 2.64. The lowest BCUT2D eigenvalue weighted by molar-refractivity contribution is -0.174. The Labute approximate surface area is 119 Å². The Morgan fingerprint density at radius 3 is 2.67 bits per heavy atom. The quantitative estimate of drug-likeness (QED) is 0.917. The molecule has 0 amide bonds. The van der Waals surface area contributed by atoms with Crippen molar-refractivity contribution in [3.05, 3.63) is 29.8 Å². The molecule has 1 aliphatic heterocycles. The van der Waals surface area contributed by atoms with Gasteiger partial charge in [0.05, 0.1) is 17.5 Å². The van der Waals surface area contributed by atoms with E-state index in [0.29, 0.717) is 5.56 Å². The molecule has 116 valence electrons. The maximum Gasteiger partial charge on any atom is 0.411 e. The highest BCUT2D eigenvalue weighted by Crippen LogP contribution is 2.22. The number of nitrogens with one attached hydrogen (secondary N) is 1. The van der Waals surface area contributed by atoms with Crippen LogP contribution < -0.4 is 4.72 Å². The van der Waals surface area contributed by atoms with E-state index in [9.17, 15) is 21.6 Å². The molecule has 0 unspecified atom stereocenters. The first kappa shape index (κ1) is 15.8. The first-order valence-electron chi connectivity index (χ1n) is 6.03. The minimum atomic E-state index is -4.39. The highest BCUT2D eigenvalue weighted by Gasteiger charge is 2.31. The van der Waals surface area contributed by atoms with Crippen LogP contribution in [0.3, 0.4) is 0 Å². The summed E-state index contributed by atoms with van der Waals surface area (Å²) in [5.41, 5.74) is 0.403. The Morgan fingerprint density at radius 1 is 1.33 bits per heavy atom. The molecule has 0 fully saturated rings. The van der Waals surface area contributed by atoms with Crippen LogP contribution in [0.15, 0.2) is 34.2 Å². The molecule has 9 heteroatoms. The number of halogens is 3. The number of alkyl halides is 3. The molecular weight excluding hydrogens is 309 g/mol. The van der Waals surface area contributed by atoms with Crippen molar-refractivity contribution >= 4 is 15.9 Å². The molecule has 1 aliphatic rings. The van der Waals surface area contributed by atoms with Crippen LogP contribution in [0.1, 0.15) is 12.5 Å². The van der Waals surface area contributed by atoms with Crippen molar-refractivity contribution in [2.75, 3.05) is 13.2 Å². The van der Waals surface area contributed by atoms with Gasteiger partial charge in [-0.05, 0) is 19.1 Å². The number of fused-ring (bicyclic) bond motifs is 1. The fraction of sp³-hybridized carbons (Fsp3) is 0.417. The highest BCUT2D eigenvalue weighted by molar-refractivity contribution is 7.90. The fourth-order valence-corrected chi connectivity index (χ4v) is 3.07. The van der Waals surface area contributed by atoms with Gasteiger partial charge in [-0.1, -0.05) is 12.1 Å². The van der Waals surface area contributed by atoms with Crippen LogP contribution in [-0.4, -0.2) is 39.7 Å². The number of sulfonamides is 1. The van der Waals surface area contributed by atoms with Crippen LogP contribution in [0.5, 0.6) is 0 Å². The Kier molecular flexibility index (Phi) is 4.24. The van der Waals surface area contributed by atoms with Gasteiger partial charge in [0.2, 0.25) is 0 Å². The smallest absolute Gasteiger partial charge is 0.370 e. The van der Waals surface area contributed by atoms with E-state index in [4.69, 9.17) is 0 Å². The van der Waals surface area contributed by atoms with Crippen LogP contribution in [0.25, 0.3) is 0 Å². The minimum Gasteiger partial charge on any atom is -0.370 e. The second kappa shape index (κ2) is 5.64. The molecule has 1 heterocycles. The lowest BCUT2D eigenvalue weighted by Crippen LogP contribution is -2.25. The summed E-state index contributed by atoms with van der Waals surface area (Å²) in [6.45, 7) is -0.0734. The molecular formula is C12H13F3N2O3S. The maximum atomic E-state index is 12.0. The summed E-state index contributed by atoms with van der Waals surface area (Å²) in [4.78, 5) is 4.17. The predicted octanol–water partition coefficient (Wildman–Crippen LogP) is 1.69. The van der Waals surface area contributed by atoms with Gasteiger partial charge in [-0.25, -0.2) is 8.42 Å². The van der Waals surface area contributed by atoms with Crippen molar-refractivity contribution in [1.29, 1.82) is 0 Å². The molecule has 0 spiro atoms. The van der Waals surface area contributed by atoms with E-state index < -0.39 is 28.8 Å². The lowest BCUT2D eigenvalue weighted by atomic mass is 10.2. The van der Waals surface area contributed by atoms with Gasteiger partial charge in [0.15, 0.2) is 0 Å². The van der Waals surface area contributed by atoms with Crippen molar-refractivity contribution in [2.24, 2.45) is 4.99 Å². The number of nitrogens with zero attached hydrogens (tertiary/aromatic N) is 1. The van der Waals surface area contributed by atoms with Crippen molar-refractivity contribution < 1.29 is 26.3 Å². The molecule has 21 heavy (non-hydrogen) atoms. The van der Waals surface area contributed by atoms with Gasteiger partial charge in [0, 0.05) is 5.56 Å². The number of benzene rings is 1. The van der Waals surface area contributed by atoms with Gasteiger partial charge in [-0.3, -0.25) is 9.71 Å². The van der Waals surface area contributed by atoms with Crippen LogP contribution in [0, 0.1) is 0 Å². The second-order valence-electron chi connectivity index (χ2n) is 4.56. The number of amidine groups is 1.